The van der Waals surface area contributed by atoms with Gasteiger partial charge in [0, 0.05) is 0 Å². The van der Waals surface area contributed by atoms with E-state index >= 15 is 0 Å². The zero-order valence-electron chi connectivity index (χ0n) is 6.68. The lowest BCUT2D eigenvalue weighted by atomic mass is 10.1. The first kappa shape index (κ1) is 11.2. The van der Waals surface area contributed by atoms with E-state index < -0.39 is 0 Å². The van der Waals surface area contributed by atoms with Crippen molar-refractivity contribution in [3.8, 4) is 0 Å². The third-order valence-corrected chi connectivity index (χ3v) is 2.31. The molecule has 3 atom stereocenters. The standard InChI is InChI=1S/C6H13NO2P2/c1-4(8)3-6(9)5(2)7-11-10/h5,7,11H,3,10H2,1-2H3/t5-/m0/s1. The Labute approximate surface area is 70.6 Å². The normalized spacial score (nSPS) is 13.7. The highest BCUT2D eigenvalue weighted by Gasteiger charge is 2.12. The van der Waals surface area contributed by atoms with Gasteiger partial charge in [0.1, 0.15) is 5.78 Å². The highest BCUT2D eigenvalue weighted by Crippen LogP contribution is 2.15. The summed E-state index contributed by atoms with van der Waals surface area (Å²) in [5.41, 5.74) is 0. The molecule has 0 rings (SSSR count). The Balaban J connectivity index is 3.73. The largest absolute Gasteiger partial charge is 0.300 e. The summed E-state index contributed by atoms with van der Waals surface area (Å²) in [5, 5.41) is 2.94. The average molecular weight is 193 g/mol. The molecule has 0 spiro atoms. The first-order valence-electron chi connectivity index (χ1n) is 3.31. The molecule has 5 heteroatoms. The van der Waals surface area contributed by atoms with Crippen LogP contribution in [0.3, 0.4) is 0 Å². The van der Waals surface area contributed by atoms with E-state index in [1.54, 1.807) is 6.92 Å². The number of nitrogens with one attached hydrogen (secondary N) is 1. The third kappa shape index (κ3) is 5.43. The van der Waals surface area contributed by atoms with E-state index in [1.807, 2.05) is 0 Å². The quantitative estimate of drug-likeness (QED) is 0.521. The summed E-state index contributed by atoms with van der Waals surface area (Å²) in [5.74, 6) is -0.108. The summed E-state index contributed by atoms with van der Waals surface area (Å²) in [6, 6.07) is -0.199. The minimum atomic E-state index is -0.199. The van der Waals surface area contributed by atoms with Gasteiger partial charge in [0.2, 0.25) is 0 Å². The van der Waals surface area contributed by atoms with Crippen LogP contribution < -0.4 is 5.09 Å². The van der Waals surface area contributed by atoms with E-state index in [9.17, 15) is 9.59 Å². The summed E-state index contributed by atoms with van der Waals surface area (Å²) in [6.07, 6.45) is 0.0450. The molecule has 0 saturated heterocycles. The third-order valence-electron chi connectivity index (χ3n) is 1.21. The second-order valence-electron chi connectivity index (χ2n) is 2.36. The maximum Gasteiger partial charge on any atom is 0.157 e. The fourth-order valence-electron chi connectivity index (χ4n) is 0.604. The van der Waals surface area contributed by atoms with Gasteiger partial charge in [-0.2, -0.15) is 0 Å². The van der Waals surface area contributed by atoms with Crippen molar-refractivity contribution in [1.82, 2.24) is 5.09 Å². The molecule has 0 aliphatic heterocycles. The van der Waals surface area contributed by atoms with Crippen molar-refractivity contribution in [3.63, 3.8) is 0 Å². The van der Waals surface area contributed by atoms with Crippen molar-refractivity contribution in [2.24, 2.45) is 0 Å². The van der Waals surface area contributed by atoms with Gasteiger partial charge < -0.3 is 0 Å². The van der Waals surface area contributed by atoms with Crippen molar-refractivity contribution in [2.45, 2.75) is 26.3 Å². The van der Waals surface area contributed by atoms with Gasteiger partial charge in [-0.3, -0.25) is 14.7 Å². The highest BCUT2D eigenvalue weighted by molar-refractivity contribution is 8.01. The summed E-state index contributed by atoms with van der Waals surface area (Å²) < 4.78 is 0. The van der Waals surface area contributed by atoms with E-state index in [1.165, 1.54) is 6.92 Å². The minimum absolute atomic E-state index is 0.0348. The number of carbonyl (C=O) groups excluding carboxylic acids is 2. The molecule has 0 fully saturated rings. The fraction of sp³-hybridized carbons (Fsp3) is 0.667. The molecule has 0 aliphatic rings. The number of hydrogen-bond acceptors (Lipinski definition) is 3. The second-order valence-corrected chi connectivity index (χ2v) is 3.80. The molecule has 64 valence electrons. The molecule has 0 radical (unpaired) electrons. The lowest BCUT2D eigenvalue weighted by Gasteiger charge is -2.08. The van der Waals surface area contributed by atoms with Crippen LogP contribution >= 0.6 is 17.3 Å². The van der Waals surface area contributed by atoms with Crippen LogP contribution in [0.5, 0.6) is 0 Å². The van der Waals surface area contributed by atoms with Gasteiger partial charge in [0.15, 0.2) is 5.78 Å². The van der Waals surface area contributed by atoms with Crippen molar-refractivity contribution < 1.29 is 9.59 Å². The number of ketones is 2. The van der Waals surface area contributed by atoms with E-state index in [-0.39, 0.29) is 24.0 Å². The van der Waals surface area contributed by atoms with Crippen LogP contribution in [0, 0.1) is 0 Å². The summed E-state index contributed by atoms with van der Waals surface area (Å²) in [4.78, 5) is 21.6. The Bertz CT molecular complexity index is 161. The van der Waals surface area contributed by atoms with Crippen molar-refractivity contribution in [3.05, 3.63) is 0 Å². The van der Waals surface area contributed by atoms with E-state index in [0.29, 0.717) is 8.42 Å². The van der Waals surface area contributed by atoms with E-state index in [0.717, 1.165) is 0 Å². The summed E-state index contributed by atoms with van der Waals surface area (Å²) >= 11 is 0. The molecular weight excluding hydrogens is 180 g/mol. The van der Waals surface area contributed by atoms with Gasteiger partial charge >= 0.3 is 0 Å². The molecule has 3 nitrogen and oxygen atoms in total. The van der Waals surface area contributed by atoms with E-state index in [2.05, 4.69) is 14.0 Å². The highest BCUT2D eigenvalue weighted by atomic mass is 32.0. The predicted molar refractivity (Wildman–Crippen MR) is 50.9 cm³/mol. The van der Waals surface area contributed by atoms with Gasteiger partial charge in [-0.05, 0) is 22.3 Å². The maximum absolute atomic E-state index is 11.1. The Morgan fingerprint density at radius 2 is 2.18 bits per heavy atom. The molecule has 2 unspecified atom stereocenters. The molecule has 0 aromatic carbocycles. The number of hydrogen-bond donors (Lipinski definition) is 1. The molecule has 0 amide bonds. The smallest absolute Gasteiger partial charge is 0.157 e. The zero-order valence-corrected chi connectivity index (χ0v) is 8.83. The van der Waals surface area contributed by atoms with Gasteiger partial charge in [0.25, 0.3) is 0 Å². The molecule has 11 heavy (non-hydrogen) atoms. The van der Waals surface area contributed by atoms with Crippen LogP contribution in [-0.4, -0.2) is 17.6 Å². The van der Waals surface area contributed by atoms with Crippen LogP contribution in [0.25, 0.3) is 0 Å². The van der Waals surface area contributed by atoms with Gasteiger partial charge in [0.05, 0.1) is 12.5 Å². The second kappa shape index (κ2) is 5.77. The van der Waals surface area contributed by atoms with Crippen LogP contribution in [0.4, 0.5) is 0 Å². The molecular formula is C6H13NO2P2. The Hall–Kier alpha value is 0.160. The van der Waals surface area contributed by atoms with Gasteiger partial charge in [-0.15, -0.1) is 0 Å². The zero-order chi connectivity index (χ0) is 8.85. The lowest BCUT2D eigenvalue weighted by Crippen LogP contribution is -2.28. The first-order chi connectivity index (χ1) is 5.07. The van der Waals surface area contributed by atoms with Crippen molar-refractivity contribution >= 4 is 28.9 Å². The topological polar surface area (TPSA) is 46.2 Å². The van der Waals surface area contributed by atoms with Crippen molar-refractivity contribution in [1.29, 1.82) is 0 Å². The number of Topliss-reactive ketones (excluding diaryl/α,β-unsaturated/α-hetero) is 2. The minimum Gasteiger partial charge on any atom is -0.300 e. The van der Waals surface area contributed by atoms with E-state index in [4.69, 9.17) is 0 Å². The summed E-state index contributed by atoms with van der Waals surface area (Å²) in [7, 11) is 2.95. The predicted octanol–water partition coefficient (Wildman–Crippen LogP) is 0.896. The molecule has 0 aromatic rings. The molecule has 0 heterocycles. The van der Waals surface area contributed by atoms with Crippen LogP contribution in [0.2, 0.25) is 0 Å². The fourth-order valence-corrected chi connectivity index (χ4v) is 1.76. The SMILES string of the molecule is CC(=O)CC(=O)[C@H](C)NPP. The van der Waals surface area contributed by atoms with Crippen LogP contribution in [0.15, 0.2) is 0 Å². The summed E-state index contributed by atoms with van der Waals surface area (Å²) in [6.45, 7) is 3.19. The molecule has 0 bridgehead atoms. The number of carbonyl (C=O) groups is 2. The van der Waals surface area contributed by atoms with Crippen molar-refractivity contribution in [2.75, 3.05) is 0 Å². The van der Waals surface area contributed by atoms with Gasteiger partial charge in [-0.25, -0.2) is 0 Å². The average Bonchev–Trinajstić information content (AvgIpc) is 1.86. The first-order valence-corrected chi connectivity index (χ1v) is 6.12. The maximum atomic E-state index is 11.1. The molecule has 0 saturated carbocycles. The lowest BCUT2D eigenvalue weighted by molar-refractivity contribution is -0.126. The Morgan fingerprint density at radius 1 is 1.64 bits per heavy atom. The molecule has 0 aromatic heterocycles. The Kier molecular flexibility index (Phi) is 5.85. The molecule has 0 aliphatic carbocycles. The monoisotopic (exact) mass is 193 g/mol. The Morgan fingerprint density at radius 3 is 2.55 bits per heavy atom. The van der Waals surface area contributed by atoms with Crippen LogP contribution in [0.1, 0.15) is 20.3 Å². The van der Waals surface area contributed by atoms with Gasteiger partial charge in [-0.1, -0.05) is 8.93 Å². The number of rotatable bonds is 5. The van der Waals surface area contributed by atoms with Crippen LogP contribution in [-0.2, 0) is 9.59 Å². The molecule has 1 N–H and O–H groups in total.